The van der Waals surface area contributed by atoms with E-state index in [-0.39, 0.29) is 12.6 Å². The van der Waals surface area contributed by atoms with Crippen molar-refractivity contribution >= 4 is 5.97 Å². The standard InChI is InChI=1S/C8H10O4/c1-6-11-8(12-6)5-3-2-4-7(9)10/h2-6,8H,1H3,(H,9,10)/b4-2+,5-3+. The molecular weight excluding hydrogens is 160 g/mol. The quantitative estimate of drug-likeness (QED) is 0.505. The van der Waals surface area contributed by atoms with Gasteiger partial charge < -0.3 is 14.6 Å². The molecule has 1 heterocycles. The van der Waals surface area contributed by atoms with Crippen LogP contribution in [0, 0.1) is 0 Å². The zero-order chi connectivity index (χ0) is 8.97. The van der Waals surface area contributed by atoms with Gasteiger partial charge in [0, 0.05) is 6.08 Å². The van der Waals surface area contributed by atoms with Crippen molar-refractivity contribution < 1.29 is 19.4 Å². The first-order valence-electron chi connectivity index (χ1n) is 3.57. The Morgan fingerprint density at radius 1 is 1.42 bits per heavy atom. The molecule has 0 aromatic rings. The number of hydrogen-bond donors (Lipinski definition) is 1. The van der Waals surface area contributed by atoms with E-state index in [9.17, 15) is 4.79 Å². The molecule has 0 atom stereocenters. The highest BCUT2D eigenvalue weighted by Crippen LogP contribution is 2.16. The molecule has 0 radical (unpaired) electrons. The fourth-order valence-corrected chi connectivity index (χ4v) is 0.771. The van der Waals surface area contributed by atoms with Gasteiger partial charge in [-0.25, -0.2) is 4.79 Å². The number of carboxylic acids is 1. The Bertz CT molecular complexity index is 213. The van der Waals surface area contributed by atoms with Crippen LogP contribution in [-0.2, 0) is 14.3 Å². The van der Waals surface area contributed by atoms with Gasteiger partial charge in [0.05, 0.1) is 0 Å². The summed E-state index contributed by atoms with van der Waals surface area (Å²) >= 11 is 0. The highest BCUT2D eigenvalue weighted by atomic mass is 16.9. The van der Waals surface area contributed by atoms with E-state index in [1.54, 1.807) is 19.1 Å². The molecule has 1 saturated heterocycles. The average molecular weight is 170 g/mol. The third-order valence-corrected chi connectivity index (χ3v) is 1.27. The smallest absolute Gasteiger partial charge is 0.328 e. The minimum atomic E-state index is -0.969. The van der Waals surface area contributed by atoms with Crippen LogP contribution in [0.1, 0.15) is 6.92 Å². The largest absolute Gasteiger partial charge is 0.478 e. The average Bonchev–Trinajstić information content (AvgIpc) is 1.93. The Hall–Kier alpha value is -1.13. The predicted molar refractivity (Wildman–Crippen MR) is 41.3 cm³/mol. The van der Waals surface area contributed by atoms with Gasteiger partial charge in [-0.15, -0.1) is 0 Å². The number of carbonyl (C=O) groups is 1. The van der Waals surface area contributed by atoms with Gasteiger partial charge in [-0.2, -0.15) is 0 Å². The third-order valence-electron chi connectivity index (χ3n) is 1.27. The first kappa shape index (κ1) is 8.96. The summed E-state index contributed by atoms with van der Waals surface area (Å²) in [6.45, 7) is 1.79. The number of hydrogen-bond acceptors (Lipinski definition) is 3. The van der Waals surface area contributed by atoms with Crippen molar-refractivity contribution in [1.82, 2.24) is 0 Å². The van der Waals surface area contributed by atoms with Crippen molar-refractivity contribution in [3.8, 4) is 0 Å². The van der Waals surface area contributed by atoms with E-state index in [0.29, 0.717) is 0 Å². The lowest BCUT2D eigenvalue weighted by Crippen LogP contribution is -2.36. The number of rotatable bonds is 3. The maximum absolute atomic E-state index is 10.00. The molecule has 0 amide bonds. The number of ether oxygens (including phenoxy) is 2. The molecule has 1 rings (SSSR count). The fourth-order valence-electron chi connectivity index (χ4n) is 0.771. The second kappa shape index (κ2) is 4.04. The van der Waals surface area contributed by atoms with E-state index >= 15 is 0 Å². The third kappa shape index (κ3) is 2.86. The molecule has 0 spiro atoms. The lowest BCUT2D eigenvalue weighted by molar-refractivity contribution is -0.354. The van der Waals surface area contributed by atoms with Crippen LogP contribution in [0.3, 0.4) is 0 Å². The first-order valence-corrected chi connectivity index (χ1v) is 3.57. The molecule has 1 aliphatic heterocycles. The minimum absolute atomic E-state index is 0.150. The topological polar surface area (TPSA) is 55.8 Å². The monoisotopic (exact) mass is 170 g/mol. The molecule has 0 aliphatic carbocycles. The van der Waals surface area contributed by atoms with E-state index in [4.69, 9.17) is 14.6 Å². The Balaban J connectivity index is 2.18. The van der Waals surface area contributed by atoms with Crippen LogP contribution in [0.5, 0.6) is 0 Å². The summed E-state index contributed by atoms with van der Waals surface area (Å²) < 4.78 is 10.1. The van der Waals surface area contributed by atoms with E-state index < -0.39 is 5.97 Å². The summed E-state index contributed by atoms with van der Waals surface area (Å²) in [7, 11) is 0. The van der Waals surface area contributed by atoms with Gasteiger partial charge in [-0.05, 0) is 13.0 Å². The second-order valence-electron chi connectivity index (χ2n) is 2.29. The van der Waals surface area contributed by atoms with Crippen LogP contribution in [-0.4, -0.2) is 23.7 Å². The van der Waals surface area contributed by atoms with Crippen molar-refractivity contribution in [2.75, 3.05) is 0 Å². The maximum Gasteiger partial charge on any atom is 0.328 e. The summed E-state index contributed by atoms with van der Waals surface area (Å²) in [4.78, 5) is 10.00. The SMILES string of the molecule is CC1OC(/C=C/C=C/C(=O)O)O1. The van der Waals surface area contributed by atoms with Crippen molar-refractivity contribution in [2.24, 2.45) is 0 Å². The van der Waals surface area contributed by atoms with Crippen LogP contribution >= 0.6 is 0 Å². The van der Waals surface area contributed by atoms with Gasteiger partial charge in [0.25, 0.3) is 0 Å². The Kier molecular flexibility index (Phi) is 3.01. The van der Waals surface area contributed by atoms with E-state index in [2.05, 4.69) is 0 Å². The summed E-state index contributed by atoms with van der Waals surface area (Å²) in [6, 6.07) is 0. The zero-order valence-electron chi connectivity index (χ0n) is 6.64. The van der Waals surface area contributed by atoms with Crippen molar-refractivity contribution in [3.05, 3.63) is 24.3 Å². The summed E-state index contributed by atoms with van der Waals surface area (Å²) in [5.74, 6) is -0.969. The minimum Gasteiger partial charge on any atom is -0.478 e. The molecule has 1 N–H and O–H groups in total. The van der Waals surface area contributed by atoms with Gasteiger partial charge >= 0.3 is 5.97 Å². The Morgan fingerprint density at radius 3 is 2.58 bits per heavy atom. The van der Waals surface area contributed by atoms with Crippen molar-refractivity contribution in [1.29, 1.82) is 0 Å². The van der Waals surface area contributed by atoms with E-state index in [0.717, 1.165) is 6.08 Å². The molecule has 0 aromatic heterocycles. The molecule has 0 saturated carbocycles. The molecular formula is C8H10O4. The zero-order valence-corrected chi connectivity index (χ0v) is 6.64. The molecule has 1 aliphatic rings. The normalized spacial score (nSPS) is 29.4. The maximum atomic E-state index is 10.00. The van der Waals surface area contributed by atoms with Gasteiger partial charge in [0.15, 0.2) is 12.6 Å². The molecule has 4 heteroatoms. The molecule has 0 bridgehead atoms. The number of aliphatic carboxylic acids is 1. The Labute approximate surface area is 70.1 Å². The van der Waals surface area contributed by atoms with E-state index in [1.807, 2.05) is 0 Å². The van der Waals surface area contributed by atoms with Crippen molar-refractivity contribution in [2.45, 2.75) is 19.5 Å². The van der Waals surface area contributed by atoms with Gasteiger partial charge in [0.2, 0.25) is 0 Å². The molecule has 12 heavy (non-hydrogen) atoms. The van der Waals surface area contributed by atoms with Crippen molar-refractivity contribution in [3.63, 3.8) is 0 Å². The van der Waals surface area contributed by atoms with Crippen LogP contribution in [0.25, 0.3) is 0 Å². The van der Waals surface area contributed by atoms with E-state index in [1.165, 1.54) is 6.08 Å². The Morgan fingerprint density at radius 2 is 2.08 bits per heavy atom. The highest BCUT2D eigenvalue weighted by molar-refractivity contribution is 5.80. The van der Waals surface area contributed by atoms with Crippen LogP contribution in [0.2, 0.25) is 0 Å². The molecule has 0 unspecified atom stereocenters. The van der Waals surface area contributed by atoms with Gasteiger partial charge in [0.1, 0.15) is 0 Å². The lowest BCUT2D eigenvalue weighted by atomic mass is 10.4. The summed E-state index contributed by atoms with van der Waals surface area (Å²) in [5, 5.41) is 8.21. The molecule has 0 aromatic carbocycles. The second-order valence-corrected chi connectivity index (χ2v) is 2.29. The predicted octanol–water partition coefficient (Wildman–Crippen LogP) is 0.902. The summed E-state index contributed by atoms with van der Waals surface area (Å²) in [5.41, 5.74) is 0. The van der Waals surface area contributed by atoms with Crippen LogP contribution < -0.4 is 0 Å². The lowest BCUT2D eigenvalue weighted by Gasteiger charge is -2.31. The number of allylic oxidation sites excluding steroid dienone is 2. The molecule has 1 fully saturated rings. The summed E-state index contributed by atoms with van der Waals surface area (Å²) in [6.07, 6.45) is 5.20. The van der Waals surface area contributed by atoms with Crippen LogP contribution in [0.4, 0.5) is 0 Å². The highest BCUT2D eigenvalue weighted by Gasteiger charge is 2.23. The van der Waals surface area contributed by atoms with Gasteiger partial charge in [-0.3, -0.25) is 0 Å². The van der Waals surface area contributed by atoms with Crippen LogP contribution in [0.15, 0.2) is 24.3 Å². The first-order chi connectivity index (χ1) is 5.68. The van der Waals surface area contributed by atoms with Gasteiger partial charge in [-0.1, -0.05) is 12.2 Å². The molecule has 4 nitrogen and oxygen atoms in total. The number of carboxylic acid groups (broad SMARTS) is 1. The molecule has 66 valence electrons. The fraction of sp³-hybridized carbons (Fsp3) is 0.375.